The van der Waals surface area contributed by atoms with Crippen molar-refractivity contribution in [3.8, 4) is 0 Å². The summed E-state index contributed by atoms with van der Waals surface area (Å²) in [7, 11) is 0. The molecule has 1 aliphatic heterocycles. The standard InChI is InChI=1S/C13H18ClN/c1-2-10-9-12(3-4-13(10)14)11-5-7-15-8-6-11/h3-4,9,11,15H,2,5-8H2,1H3. The lowest BCUT2D eigenvalue weighted by Gasteiger charge is -2.23. The van der Waals surface area contributed by atoms with E-state index in [0.29, 0.717) is 0 Å². The third-order valence-corrected chi connectivity index (χ3v) is 3.63. The lowest BCUT2D eigenvalue weighted by molar-refractivity contribution is 0.460. The van der Waals surface area contributed by atoms with Gasteiger partial charge in [-0.2, -0.15) is 0 Å². The van der Waals surface area contributed by atoms with Gasteiger partial charge in [0.15, 0.2) is 0 Å². The van der Waals surface area contributed by atoms with Crippen molar-refractivity contribution in [3.05, 3.63) is 34.3 Å². The molecule has 0 aromatic heterocycles. The van der Waals surface area contributed by atoms with Crippen molar-refractivity contribution in [3.63, 3.8) is 0 Å². The van der Waals surface area contributed by atoms with Gasteiger partial charge in [0.1, 0.15) is 0 Å². The zero-order chi connectivity index (χ0) is 10.7. The third-order valence-electron chi connectivity index (χ3n) is 3.26. The van der Waals surface area contributed by atoms with Crippen LogP contribution in [-0.2, 0) is 6.42 Å². The summed E-state index contributed by atoms with van der Waals surface area (Å²) in [6.07, 6.45) is 3.53. The number of nitrogens with one attached hydrogen (secondary N) is 1. The molecule has 82 valence electrons. The van der Waals surface area contributed by atoms with E-state index >= 15 is 0 Å². The summed E-state index contributed by atoms with van der Waals surface area (Å²) < 4.78 is 0. The van der Waals surface area contributed by atoms with E-state index in [1.54, 1.807) is 0 Å². The van der Waals surface area contributed by atoms with Crippen LogP contribution in [0.2, 0.25) is 5.02 Å². The summed E-state index contributed by atoms with van der Waals surface area (Å²) in [6.45, 7) is 4.46. The molecule has 1 heterocycles. The first-order valence-corrected chi connectivity index (χ1v) is 6.18. The molecule has 2 heteroatoms. The molecule has 0 atom stereocenters. The fourth-order valence-electron chi connectivity index (χ4n) is 2.27. The van der Waals surface area contributed by atoms with Gasteiger partial charge in [-0.05, 0) is 55.5 Å². The van der Waals surface area contributed by atoms with Crippen molar-refractivity contribution in [2.24, 2.45) is 0 Å². The minimum Gasteiger partial charge on any atom is -0.317 e. The molecule has 1 N–H and O–H groups in total. The van der Waals surface area contributed by atoms with Crippen LogP contribution in [0.25, 0.3) is 0 Å². The Morgan fingerprint density at radius 3 is 2.73 bits per heavy atom. The van der Waals surface area contributed by atoms with Gasteiger partial charge in [0.25, 0.3) is 0 Å². The molecule has 1 aromatic rings. The Morgan fingerprint density at radius 2 is 2.07 bits per heavy atom. The zero-order valence-electron chi connectivity index (χ0n) is 9.22. The van der Waals surface area contributed by atoms with Crippen LogP contribution in [0, 0.1) is 0 Å². The van der Waals surface area contributed by atoms with Gasteiger partial charge >= 0.3 is 0 Å². The van der Waals surface area contributed by atoms with Gasteiger partial charge in [0.05, 0.1) is 0 Å². The molecule has 1 fully saturated rings. The predicted octanol–water partition coefficient (Wildman–Crippen LogP) is 3.37. The largest absolute Gasteiger partial charge is 0.317 e. The number of aryl methyl sites for hydroxylation is 1. The lowest BCUT2D eigenvalue weighted by Crippen LogP contribution is -2.26. The van der Waals surface area contributed by atoms with Crippen LogP contribution < -0.4 is 5.32 Å². The van der Waals surface area contributed by atoms with Gasteiger partial charge in [-0.15, -0.1) is 0 Å². The highest BCUT2D eigenvalue weighted by atomic mass is 35.5. The van der Waals surface area contributed by atoms with E-state index in [9.17, 15) is 0 Å². The van der Waals surface area contributed by atoms with Crippen molar-refractivity contribution in [1.29, 1.82) is 0 Å². The average Bonchev–Trinajstić information content (AvgIpc) is 2.31. The Morgan fingerprint density at radius 1 is 1.33 bits per heavy atom. The monoisotopic (exact) mass is 223 g/mol. The van der Waals surface area contributed by atoms with Crippen molar-refractivity contribution in [2.45, 2.75) is 32.1 Å². The molecular weight excluding hydrogens is 206 g/mol. The molecule has 1 nitrogen and oxygen atoms in total. The summed E-state index contributed by atoms with van der Waals surface area (Å²) in [5.74, 6) is 0.730. The molecule has 1 saturated heterocycles. The summed E-state index contributed by atoms with van der Waals surface area (Å²) in [6, 6.07) is 6.54. The minimum absolute atomic E-state index is 0.730. The molecule has 0 unspecified atom stereocenters. The summed E-state index contributed by atoms with van der Waals surface area (Å²) >= 11 is 6.12. The minimum atomic E-state index is 0.730. The number of benzene rings is 1. The third kappa shape index (κ3) is 2.53. The Balaban J connectivity index is 2.20. The second kappa shape index (κ2) is 5.00. The summed E-state index contributed by atoms with van der Waals surface area (Å²) in [4.78, 5) is 0. The van der Waals surface area contributed by atoms with Gasteiger partial charge in [-0.3, -0.25) is 0 Å². The number of piperidine rings is 1. The quantitative estimate of drug-likeness (QED) is 0.811. The van der Waals surface area contributed by atoms with Crippen LogP contribution in [0.1, 0.15) is 36.8 Å². The second-order valence-corrected chi connectivity index (χ2v) is 4.64. The van der Waals surface area contributed by atoms with E-state index in [4.69, 9.17) is 11.6 Å². The van der Waals surface area contributed by atoms with Crippen molar-refractivity contribution < 1.29 is 0 Å². The maximum absolute atomic E-state index is 6.12. The first kappa shape index (κ1) is 11.0. The van der Waals surface area contributed by atoms with Crippen LogP contribution in [0.15, 0.2) is 18.2 Å². The molecule has 0 amide bonds. The Labute approximate surface area is 96.8 Å². The fraction of sp³-hybridized carbons (Fsp3) is 0.538. The number of halogens is 1. The van der Waals surface area contributed by atoms with Crippen LogP contribution in [0.4, 0.5) is 0 Å². The lowest BCUT2D eigenvalue weighted by atomic mass is 9.89. The summed E-state index contributed by atoms with van der Waals surface area (Å²) in [5.41, 5.74) is 2.76. The van der Waals surface area contributed by atoms with Gasteiger partial charge < -0.3 is 5.32 Å². The molecule has 1 aliphatic rings. The predicted molar refractivity (Wildman–Crippen MR) is 65.7 cm³/mol. The maximum Gasteiger partial charge on any atom is 0.0438 e. The molecular formula is C13H18ClN. The highest BCUT2D eigenvalue weighted by molar-refractivity contribution is 6.31. The molecule has 0 radical (unpaired) electrons. The molecule has 0 spiro atoms. The van der Waals surface area contributed by atoms with Gasteiger partial charge in [-0.25, -0.2) is 0 Å². The van der Waals surface area contributed by atoms with Gasteiger partial charge in [0, 0.05) is 5.02 Å². The molecule has 0 bridgehead atoms. The number of hydrogen-bond donors (Lipinski definition) is 1. The van der Waals surface area contributed by atoms with Crippen molar-refractivity contribution >= 4 is 11.6 Å². The first-order valence-electron chi connectivity index (χ1n) is 5.80. The van der Waals surface area contributed by atoms with Gasteiger partial charge in [-0.1, -0.05) is 30.7 Å². The van der Waals surface area contributed by atoms with E-state index in [1.165, 1.54) is 24.0 Å². The number of rotatable bonds is 2. The Kier molecular flexibility index (Phi) is 3.66. The van der Waals surface area contributed by atoms with Crippen LogP contribution >= 0.6 is 11.6 Å². The molecule has 0 aliphatic carbocycles. The molecule has 15 heavy (non-hydrogen) atoms. The van der Waals surface area contributed by atoms with E-state index < -0.39 is 0 Å². The summed E-state index contributed by atoms with van der Waals surface area (Å²) in [5, 5.41) is 4.31. The normalized spacial score (nSPS) is 18.0. The fourth-order valence-corrected chi connectivity index (χ4v) is 2.53. The maximum atomic E-state index is 6.12. The van der Waals surface area contributed by atoms with E-state index in [-0.39, 0.29) is 0 Å². The van der Waals surface area contributed by atoms with E-state index in [0.717, 1.165) is 30.5 Å². The zero-order valence-corrected chi connectivity index (χ0v) is 9.98. The second-order valence-electron chi connectivity index (χ2n) is 4.23. The highest BCUT2D eigenvalue weighted by Crippen LogP contribution is 2.28. The smallest absolute Gasteiger partial charge is 0.0438 e. The van der Waals surface area contributed by atoms with Crippen LogP contribution in [0.3, 0.4) is 0 Å². The topological polar surface area (TPSA) is 12.0 Å². The van der Waals surface area contributed by atoms with Crippen LogP contribution in [0.5, 0.6) is 0 Å². The molecule has 2 rings (SSSR count). The van der Waals surface area contributed by atoms with E-state index in [2.05, 4.69) is 30.4 Å². The molecule has 1 aromatic carbocycles. The molecule has 0 saturated carbocycles. The van der Waals surface area contributed by atoms with Gasteiger partial charge in [0.2, 0.25) is 0 Å². The Bertz CT molecular complexity index is 329. The van der Waals surface area contributed by atoms with Crippen molar-refractivity contribution in [2.75, 3.05) is 13.1 Å². The SMILES string of the molecule is CCc1cc(C2CCNCC2)ccc1Cl. The average molecular weight is 224 g/mol. The first-order chi connectivity index (χ1) is 7.31. The Hall–Kier alpha value is -0.530. The van der Waals surface area contributed by atoms with Crippen LogP contribution in [-0.4, -0.2) is 13.1 Å². The van der Waals surface area contributed by atoms with E-state index in [1.807, 2.05) is 0 Å². The van der Waals surface area contributed by atoms with Crippen molar-refractivity contribution in [1.82, 2.24) is 5.32 Å². The highest BCUT2D eigenvalue weighted by Gasteiger charge is 2.15. The number of hydrogen-bond acceptors (Lipinski definition) is 1.